The molecule has 96 valence electrons. The predicted molar refractivity (Wildman–Crippen MR) is 69.1 cm³/mol. The van der Waals surface area contributed by atoms with Gasteiger partial charge in [0.15, 0.2) is 0 Å². The molecule has 0 unspecified atom stereocenters. The molecule has 4 nitrogen and oxygen atoms in total. The number of nitrogens with zero attached hydrogens (tertiary/aromatic N) is 1. The van der Waals surface area contributed by atoms with Gasteiger partial charge in [-0.15, -0.1) is 0 Å². The van der Waals surface area contributed by atoms with E-state index in [0.717, 1.165) is 11.3 Å². The fourth-order valence-electron chi connectivity index (χ4n) is 1.58. The minimum atomic E-state index is -0.373. The Kier molecular flexibility index (Phi) is 5.05. The number of anilines is 1. The molecule has 0 aromatic heterocycles. The highest BCUT2D eigenvalue weighted by atomic mass is 35.5. The Morgan fingerprint density at radius 3 is 2.41 bits per heavy atom. The molecule has 1 aromatic carbocycles. The van der Waals surface area contributed by atoms with Crippen LogP contribution in [0.1, 0.15) is 5.56 Å². The monoisotopic (exact) mass is 259 g/mol. The first-order valence-electron chi connectivity index (χ1n) is 5.33. The number of likely N-dealkylation sites (N-methyl/N-ethyl adjacent to an activating group) is 1. The molecule has 0 amide bonds. The Morgan fingerprint density at radius 1 is 1.35 bits per heavy atom. The maximum atomic E-state index is 9.17. The maximum Gasteiger partial charge on any atom is 0.142 e. The second-order valence-corrected chi connectivity index (χ2v) is 4.31. The van der Waals surface area contributed by atoms with Crippen molar-refractivity contribution >= 4 is 17.3 Å². The van der Waals surface area contributed by atoms with Gasteiger partial charge in [-0.1, -0.05) is 11.6 Å². The first-order chi connectivity index (χ1) is 8.04. The van der Waals surface area contributed by atoms with Gasteiger partial charge in [0.2, 0.25) is 0 Å². The van der Waals surface area contributed by atoms with E-state index in [1.165, 1.54) is 0 Å². The van der Waals surface area contributed by atoms with Gasteiger partial charge >= 0.3 is 0 Å². The minimum Gasteiger partial charge on any atom is -0.495 e. The highest BCUT2D eigenvalue weighted by Gasteiger charge is 2.18. The van der Waals surface area contributed by atoms with Crippen LogP contribution in [0, 0.1) is 6.92 Å². The summed E-state index contributed by atoms with van der Waals surface area (Å²) in [4.78, 5) is 1.75. The van der Waals surface area contributed by atoms with Gasteiger partial charge in [0.25, 0.3) is 0 Å². The zero-order chi connectivity index (χ0) is 13.0. The minimum absolute atomic E-state index is 0.137. The van der Waals surface area contributed by atoms with Crippen LogP contribution in [0.15, 0.2) is 12.1 Å². The van der Waals surface area contributed by atoms with Crippen LogP contribution in [-0.2, 0) is 0 Å². The average Bonchev–Trinajstić information content (AvgIpc) is 2.33. The number of aliphatic hydroxyl groups excluding tert-OH is 2. The second-order valence-electron chi connectivity index (χ2n) is 3.90. The Hall–Kier alpha value is -0.970. The third-order valence-corrected chi connectivity index (χ3v) is 3.22. The normalized spacial score (nSPS) is 10.8. The number of hydrogen-bond donors (Lipinski definition) is 2. The first kappa shape index (κ1) is 14.1. The van der Waals surface area contributed by atoms with Gasteiger partial charge in [0.05, 0.1) is 32.1 Å². The molecule has 0 fully saturated rings. The molecule has 0 radical (unpaired) electrons. The molecule has 0 aliphatic heterocycles. The third-order valence-electron chi connectivity index (χ3n) is 2.81. The zero-order valence-electron chi connectivity index (χ0n) is 10.3. The van der Waals surface area contributed by atoms with Gasteiger partial charge in [-0.2, -0.15) is 0 Å². The average molecular weight is 260 g/mol. The summed E-state index contributed by atoms with van der Waals surface area (Å²) in [6.45, 7) is 1.62. The standard InChI is InChI=1S/C12H18ClNO3/c1-8-4-12(17-3)11(5-10(8)13)14(2)9(6-15)7-16/h4-5,9,15-16H,6-7H2,1-3H3. The van der Waals surface area contributed by atoms with Gasteiger partial charge in [0, 0.05) is 12.1 Å². The van der Waals surface area contributed by atoms with E-state index < -0.39 is 0 Å². The van der Waals surface area contributed by atoms with E-state index in [1.807, 2.05) is 13.0 Å². The van der Waals surface area contributed by atoms with Crippen molar-refractivity contribution in [3.8, 4) is 5.75 Å². The Morgan fingerprint density at radius 2 is 1.94 bits per heavy atom. The van der Waals surface area contributed by atoms with Crippen molar-refractivity contribution in [1.82, 2.24) is 0 Å². The summed E-state index contributed by atoms with van der Waals surface area (Å²) < 4.78 is 5.28. The van der Waals surface area contributed by atoms with E-state index in [9.17, 15) is 0 Å². The van der Waals surface area contributed by atoms with Crippen LogP contribution in [0.2, 0.25) is 5.02 Å². The molecular formula is C12H18ClNO3. The molecule has 2 N–H and O–H groups in total. The number of hydrogen-bond acceptors (Lipinski definition) is 4. The number of ether oxygens (including phenoxy) is 1. The summed E-state index contributed by atoms with van der Waals surface area (Å²) in [7, 11) is 3.35. The van der Waals surface area contributed by atoms with Crippen molar-refractivity contribution in [2.24, 2.45) is 0 Å². The molecular weight excluding hydrogens is 242 g/mol. The molecule has 0 atom stereocenters. The van der Waals surface area contributed by atoms with Gasteiger partial charge in [0.1, 0.15) is 5.75 Å². The maximum absolute atomic E-state index is 9.17. The lowest BCUT2D eigenvalue weighted by Crippen LogP contribution is -2.37. The zero-order valence-corrected chi connectivity index (χ0v) is 11.0. The third kappa shape index (κ3) is 3.03. The summed E-state index contributed by atoms with van der Waals surface area (Å²) in [5, 5.41) is 19.0. The number of rotatable bonds is 5. The summed E-state index contributed by atoms with van der Waals surface area (Å²) in [6.07, 6.45) is 0. The highest BCUT2D eigenvalue weighted by Crippen LogP contribution is 2.33. The topological polar surface area (TPSA) is 52.9 Å². The van der Waals surface area contributed by atoms with Gasteiger partial charge in [-0.05, 0) is 24.6 Å². The molecule has 0 saturated heterocycles. The molecule has 0 spiro atoms. The van der Waals surface area contributed by atoms with Crippen LogP contribution in [0.4, 0.5) is 5.69 Å². The van der Waals surface area contributed by atoms with E-state index in [0.29, 0.717) is 10.8 Å². The van der Waals surface area contributed by atoms with Crippen molar-refractivity contribution in [2.75, 3.05) is 32.3 Å². The van der Waals surface area contributed by atoms with E-state index in [1.54, 1.807) is 25.1 Å². The summed E-state index contributed by atoms with van der Waals surface area (Å²) >= 11 is 6.07. The quantitative estimate of drug-likeness (QED) is 0.840. The highest BCUT2D eigenvalue weighted by molar-refractivity contribution is 6.31. The van der Waals surface area contributed by atoms with Crippen LogP contribution in [-0.4, -0.2) is 43.6 Å². The first-order valence-corrected chi connectivity index (χ1v) is 5.71. The predicted octanol–water partition coefficient (Wildman–Crippen LogP) is 1.45. The smallest absolute Gasteiger partial charge is 0.142 e. The van der Waals surface area contributed by atoms with Crippen molar-refractivity contribution in [3.63, 3.8) is 0 Å². The van der Waals surface area contributed by atoms with Gasteiger partial charge in [-0.3, -0.25) is 0 Å². The van der Waals surface area contributed by atoms with Crippen molar-refractivity contribution in [3.05, 3.63) is 22.7 Å². The number of aliphatic hydroxyl groups is 2. The molecule has 0 saturated carbocycles. The fourth-order valence-corrected chi connectivity index (χ4v) is 1.74. The summed E-state index contributed by atoms with van der Waals surface area (Å²) in [5.41, 5.74) is 1.67. The molecule has 5 heteroatoms. The van der Waals surface area contributed by atoms with Gasteiger partial charge < -0.3 is 19.8 Å². The SMILES string of the molecule is COc1cc(C)c(Cl)cc1N(C)C(CO)CO. The van der Waals surface area contributed by atoms with E-state index in [2.05, 4.69) is 0 Å². The van der Waals surface area contributed by atoms with E-state index in [4.69, 9.17) is 26.6 Å². The second kappa shape index (κ2) is 6.10. The Balaban J connectivity index is 3.15. The number of aryl methyl sites for hydroxylation is 1. The van der Waals surface area contributed by atoms with E-state index >= 15 is 0 Å². The lowest BCUT2D eigenvalue weighted by Gasteiger charge is -2.28. The van der Waals surface area contributed by atoms with Crippen LogP contribution >= 0.6 is 11.6 Å². The summed E-state index contributed by atoms with van der Waals surface area (Å²) in [5.74, 6) is 0.668. The van der Waals surface area contributed by atoms with Crippen LogP contribution < -0.4 is 9.64 Å². The lowest BCUT2D eigenvalue weighted by molar-refractivity contribution is 0.190. The molecule has 0 aliphatic carbocycles. The summed E-state index contributed by atoms with van der Waals surface area (Å²) in [6, 6.07) is 3.23. The number of benzene rings is 1. The molecule has 17 heavy (non-hydrogen) atoms. The Labute approximate surface area is 106 Å². The van der Waals surface area contributed by atoms with Crippen molar-refractivity contribution in [2.45, 2.75) is 13.0 Å². The van der Waals surface area contributed by atoms with Gasteiger partial charge in [-0.25, -0.2) is 0 Å². The Bertz CT molecular complexity index is 380. The molecule has 0 heterocycles. The molecule has 1 rings (SSSR count). The number of halogens is 1. The molecule has 0 bridgehead atoms. The number of methoxy groups -OCH3 is 1. The lowest BCUT2D eigenvalue weighted by atomic mass is 10.1. The van der Waals surface area contributed by atoms with Crippen molar-refractivity contribution in [1.29, 1.82) is 0 Å². The molecule has 0 aliphatic rings. The van der Waals surface area contributed by atoms with Crippen LogP contribution in [0.25, 0.3) is 0 Å². The van der Waals surface area contributed by atoms with Crippen molar-refractivity contribution < 1.29 is 14.9 Å². The van der Waals surface area contributed by atoms with Crippen LogP contribution in [0.5, 0.6) is 5.75 Å². The van der Waals surface area contributed by atoms with E-state index in [-0.39, 0.29) is 19.3 Å². The largest absolute Gasteiger partial charge is 0.495 e. The molecule has 1 aromatic rings. The van der Waals surface area contributed by atoms with Crippen LogP contribution in [0.3, 0.4) is 0 Å². The fraction of sp³-hybridized carbons (Fsp3) is 0.500.